The zero-order valence-electron chi connectivity index (χ0n) is 13.6. The maximum absolute atomic E-state index is 12.6. The van der Waals surface area contributed by atoms with Gasteiger partial charge in [-0.15, -0.1) is 0 Å². The SMILES string of the molecule is C=C(CC1CC(=O)N(c2ccccc2)C1=O)C(=O)Nc1ccccc1. The first-order chi connectivity index (χ1) is 12.1. The van der Waals surface area contributed by atoms with Crippen molar-refractivity contribution >= 4 is 29.1 Å². The monoisotopic (exact) mass is 334 g/mol. The molecule has 3 rings (SSSR count). The second-order valence-corrected chi connectivity index (χ2v) is 5.93. The number of benzene rings is 2. The van der Waals surface area contributed by atoms with Gasteiger partial charge in [0.05, 0.1) is 11.6 Å². The van der Waals surface area contributed by atoms with Gasteiger partial charge in [-0.05, 0) is 30.7 Å². The minimum Gasteiger partial charge on any atom is -0.322 e. The van der Waals surface area contributed by atoms with Crippen LogP contribution >= 0.6 is 0 Å². The highest BCUT2D eigenvalue weighted by molar-refractivity contribution is 6.21. The fourth-order valence-corrected chi connectivity index (χ4v) is 2.83. The van der Waals surface area contributed by atoms with Gasteiger partial charge in [-0.25, -0.2) is 0 Å². The quantitative estimate of drug-likeness (QED) is 0.675. The van der Waals surface area contributed by atoms with Gasteiger partial charge in [0.25, 0.3) is 5.91 Å². The third-order valence-electron chi connectivity index (χ3n) is 4.10. The van der Waals surface area contributed by atoms with Crippen LogP contribution in [0.5, 0.6) is 0 Å². The molecule has 1 atom stereocenters. The summed E-state index contributed by atoms with van der Waals surface area (Å²) in [6.45, 7) is 3.78. The first-order valence-electron chi connectivity index (χ1n) is 8.02. The van der Waals surface area contributed by atoms with Gasteiger partial charge in [0.2, 0.25) is 11.8 Å². The Morgan fingerprint density at radius 3 is 2.28 bits per heavy atom. The molecule has 1 aliphatic heterocycles. The molecule has 1 N–H and O–H groups in total. The molecule has 5 nitrogen and oxygen atoms in total. The summed E-state index contributed by atoms with van der Waals surface area (Å²) in [4.78, 5) is 38.2. The van der Waals surface area contributed by atoms with Crippen molar-refractivity contribution in [2.45, 2.75) is 12.8 Å². The van der Waals surface area contributed by atoms with E-state index in [1.807, 2.05) is 24.3 Å². The number of nitrogens with one attached hydrogen (secondary N) is 1. The van der Waals surface area contributed by atoms with Gasteiger partial charge in [-0.1, -0.05) is 43.0 Å². The molecule has 1 saturated heterocycles. The molecular formula is C20H18N2O3. The van der Waals surface area contributed by atoms with E-state index in [-0.39, 0.29) is 36.1 Å². The van der Waals surface area contributed by atoms with Gasteiger partial charge in [0.1, 0.15) is 0 Å². The van der Waals surface area contributed by atoms with Gasteiger partial charge in [0, 0.05) is 17.7 Å². The molecule has 0 spiro atoms. The summed E-state index contributed by atoms with van der Waals surface area (Å²) >= 11 is 0. The van der Waals surface area contributed by atoms with Gasteiger partial charge in [0.15, 0.2) is 0 Å². The van der Waals surface area contributed by atoms with Gasteiger partial charge in [-0.2, -0.15) is 0 Å². The number of hydrogen-bond acceptors (Lipinski definition) is 3. The zero-order valence-corrected chi connectivity index (χ0v) is 13.6. The number of para-hydroxylation sites is 2. The van der Waals surface area contributed by atoms with Crippen molar-refractivity contribution in [1.29, 1.82) is 0 Å². The van der Waals surface area contributed by atoms with Crippen LogP contribution in [0.25, 0.3) is 0 Å². The molecule has 126 valence electrons. The largest absolute Gasteiger partial charge is 0.322 e. The van der Waals surface area contributed by atoms with E-state index >= 15 is 0 Å². The van der Waals surface area contributed by atoms with Gasteiger partial charge < -0.3 is 5.32 Å². The normalized spacial score (nSPS) is 16.8. The Bertz CT molecular complexity index is 815. The van der Waals surface area contributed by atoms with Crippen molar-refractivity contribution in [3.05, 3.63) is 72.8 Å². The molecule has 0 saturated carbocycles. The predicted molar refractivity (Wildman–Crippen MR) is 95.9 cm³/mol. The van der Waals surface area contributed by atoms with Crippen LogP contribution < -0.4 is 10.2 Å². The highest BCUT2D eigenvalue weighted by Gasteiger charge is 2.39. The minimum absolute atomic E-state index is 0.0887. The molecule has 25 heavy (non-hydrogen) atoms. The lowest BCUT2D eigenvalue weighted by molar-refractivity contribution is -0.122. The Kier molecular flexibility index (Phi) is 4.75. The summed E-state index contributed by atoms with van der Waals surface area (Å²) in [5, 5.41) is 2.74. The predicted octanol–water partition coefficient (Wildman–Crippen LogP) is 3.15. The van der Waals surface area contributed by atoms with Crippen molar-refractivity contribution in [2.75, 3.05) is 10.2 Å². The molecule has 0 bridgehead atoms. The van der Waals surface area contributed by atoms with Crippen LogP contribution in [0, 0.1) is 5.92 Å². The summed E-state index contributed by atoms with van der Waals surface area (Å²) in [5.41, 5.74) is 1.50. The lowest BCUT2D eigenvalue weighted by Crippen LogP contribution is -2.30. The second kappa shape index (κ2) is 7.13. The van der Waals surface area contributed by atoms with Crippen LogP contribution in [0.15, 0.2) is 72.8 Å². The van der Waals surface area contributed by atoms with Gasteiger partial charge >= 0.3 is 0 Å². The molecule has 5 heteroatoms. The molecule has 1 aliphatic rings. The van der Waals surface area contributed by atoms with Crippen LogP contribution in [0.2, 0.25) is 0 Å². The highest BCUT2D eigenvalue weighted by atomic mass is 16.2. The fourth-order valence-electron chi connectivity index (χ4n) is 2.83. The average molecular weight is 334 g/mol. The van der Waals surface area contributed by atoms with Crippen LogP contribution in [-0.4, -0.2) is 17.7 Å². The van der Waals surface area contributed by atoms with Crippen LogP contribution in [0.1, 0.15) is 12.8 Å². The number of rotatable bonds is 5. The Morgan fingerprint density at radius 1 is 1.04 bits per heavy atom. The number of amides is 3. The maximum Gasteiger partial charge on any atom is 0.251 e. The van der Waals surface area contributed by atoms with E-state index in [0.29, 0.717) is 11.4 Å². The topological polar surface area (TPSA) is 66.5 Å². The molecule has 0 radical (unpaired) electrons. The van der Waals surface area contributed by atoms with Crippen molar-refractivity contribution < 1.29 is 14.4 Å². The molecule has 0 aliphatic carbocycles. The summed E-state index contributed by atoms with van der Waals surface area (Å²) < 4.78 is 0. The minimum atomic E-state index is -0.554. The number of nitrogens with zero attached hydrogens (tertiary/aromatic N) is 1. The molecule has 1 fully saturated rings. The third-order valence-corrected chi connectivity index (χ3v) is 4.10. The molecule has 3 amide bonds. The van der Waals surface area contributed by atoms with Crippen molar-refractivity contribution in [2.24, 2.45) is 5.92 Å². The number of anilines is 2. The maximum atomic E-state index is 12.6. The first-order valence-corrected chi connectivity index (χ1v) is 8.02. The third kappa shape index (κ3) is 3.66. The number of carbonyl (C=O) groups excluding carboxylic acids is 3. The Morgan fingerprint density at radius 2 is 1.64 bits per heavy atom. The van der Waals surface area contributed by atoms with Crippen molar-refractivity contribution in [3.63, 3.8) is 0 Å². The zero-order chi connectivity index (χ0) is 17.8. The Balaban J connectivity index is 1.65. The lowest BCUT2D eigenvalue weighted by atomic mass is 9.98. The van der Waals surface area contributed by atoms with Crippen molar-refractivity contribution in [1.82, 2.24) is 0 Å². The van der Waals surface area contributed by atoms with Crippen LogP contribution in [0.4, 0.5) is 11.4 Å². The average Bonchev–Trinajstić information content (AvgIpc) is 2.90. The van der Waals surface area contributed by atoms with E-state index < -0.39 is 5.92 Å². The molecule has 0 aromatic heterocycles. The standard InChI is InChI=1S/C20H18N2O3/c1-14(19(24)21-16-8-4-2-5-9-16)12-15-13-18(23)22(20(15)25)17-10-6-3-7-11-17/h2-11,15H,1,12-13H2,(H,21,24). The summed E-state index contributed by atoms with van der Waals surface area (Å²) in [6, 6.07) is 17.8. The molecule has 1 heterocycles. The summed E-state index contributed by atoms with van der Waals surface area (Å²) in [7, 11) is 0. The van der Waals surface area contributed by atoms with E-state index in [9.17, 15) is 14.4 Å². The van der Waals surface area contributed by atoms with Crippen LogP contribution in [0.3, 0.4) is 0 Å². The van der Waals surface area contributed by atoms with E-state index in [0.717, 1.165) is 0 Å². The summed E-state index contributed by atoms with van der Waals surface area (Å²) in [6.07, 6.45) is 0.248. The first kappa shape index (κ1) is 16.6. The number of imide groups is 1. The fraction of sp³-hybridized carbons (Fsp3) is 0.150. The lowest BCUT2D eigenvalue weighted by Gasteiger charge is -2.15. The van der Waals surface area contributed by atoms with Gasteiger partial charge in [-0.3, -0.25) is 19.3 Å². The number of carbonyl (C=O) groups is 3. The molecule has 1 unspecified atom stereocenters. The molecular weight excluding hydrogens is 316 g/mol. The smallest absolute Gasteiger partial charge is 0.251 e. The van der Waals surface area contributed by atoms with Crippen molar-refractivity contribution in [3.8, 4) is 0 Å². The second-order valence-electron chi connectivity index (χ2n) is 5.93. The number of hydrogen-bond donors (Lipinski definition) is 1. The highest BCUT2D eigenvalue weighted by Crippen LogP contribution is 2.30. The van der Waals surface area contributed by atoms with E-state index in [1.165, 1.54) is 4.90 Å². The summed E-state index contributed by atoms with van der Waals surface area (Å²) in [5.74, 6) is -1.44. The molecule has 2 aromatic carbocycles. The van der Waals surface area contributed by atoms with Crippen LogP contribution in [-0.2, 0) is 14.4 Å². The van der Waals surface area contributed by atoms with E-state index in [2.05, 4.69) is 11.9 Å². The van der Waals surface area contributed by atoms with E-state index in [1.54, 1.807) is 36.4 Å². The Hall–Kier alpha value is -3.21. The Labute approximate surface area is 146 Å². The van der Waals surface area contributed by atoms with E-state index in [4.69, 9.17) is 0 Å². The molecule has 2 aromatic rings.